The number of amides is 1. The highest BCUT2D eigenvalue weighted by molar-refractivity contribution is 7.90. The molecule has 0 heterocycles. The van der Waals surface area contributed by atoms with Crippen molar-refractivity contribution in [2.45, 2.75) is 85.0 Å². The summed E-state index contributed by atoms with van der Waals surface area (Å²) in [4.78, 5) is 26.6. The van der Waals surface area contributed by atoms with Crippen LogP contribution in [-0.4, -0.2) is 43.3 Å². The van der Waals surface area contributed by atoms with Crippen LogP contribution < -0.4 is 5.32 Å². The number of nitrogens with one attached hydrogen (secondary N) is 1. The molecule has 0 unspecified atom stereocenters. The Morgan fingerprint density at radius 1 is 0.840 bits per heavy atom. The van der Waals surface area contributed by atoms with Crippen molar-refractivity contribution in [2.24, 2.45) is 4.99 Å². The van der Waals surface area contributed by atoms with Gasteiger partial charge in [-0.3, -0.25) is 0 Å². The van der Waals surface area contributed by atoms with Gasteiger partial charge in [0.25, 0.3) is 0 Å². The number of rotatable bonds is 17. The molecule has 4 nitrogen and oxygen atoms in total. The Morgan fingerprint density at radius 3 is 1.84 bits per heavy atom. The fourth-order valence-corrected chi connectivity index (χ4v) is 7.59. The molecule has 25 heavy (non-hydrogen) atoms. The van der Waals surface area contributed by atoms with Crippen LogP contribution in [0.1, 0.15) is 85.0 Å². The maximum atomic E-state index is 13.0. The molecule has 0 aliphatic rings. The maximum Gasteiger partial charge on any atom is 0.359 e. The third-order valence-electron chi connectivity index (χ3n) is 4.79. The molecular formula is C20H40N2O2P+. The average molecular weight is 372 g/mol. The van der Waals surface area contributed by atoms with Crippen molar-refractivity contribution < 1.29 is 9.59 Å². The van der Waals surface area contributed by atoms with Crippen molar-refractivity contribution in [3.05, 3.63) is 0 Å². The third-order valence-corrected chi connectivity index (χ3v) is 9.32. The topological polar surface area (TPSA) is 58.5 Å². The Labute approximate surface area is 156 Å². The van der Waals surface area contributed by atoms with Crippen LogP contribution in [0.15, 0.2) is 4.99 Å². The van der Waals surface area contributed by atoms with Gasteiger partial charge in [-0.15, -0.1) is 0 Å². The van der Waals surface area contributed by atoms with Gasteiger partial charge in [0.1, 0.15) is 7.26 Å². The Bertz CT molecular complexity index is 360. The molecule has 0 atom stereocenters. The van der Waals surface area contributed by atoms with Gasteiger partial charge in [0.05, 0.1) is 25.0 Å². The molecule has 1 N–H and O–H groups in total. The van der Waals surface area contributed by atoms with Crippen molar-refractivity contribution in [3.8, 4) is 0 Å². The van der Waals surface area contributed by atoms with Gasteiger partial charge in [0.2, 0.25) is 6.08 Å². The minimum Gasteiger partial charge on any atom is -0.323 e. The first-order chi connectivity index (χ1) is 12.2. The first kappa shape index (κ1) is 24.3. The van der Waals surface area contributed by atoms with Crippen molar-refractivity contribution in [2.75, 3.05) is 31.6 Å². The highest BCUT2D eigenvalue weighted by Crippen LogP contribution is 2.61. The van der Waals surface area contributed by atoms with E-state index >= 15 is 0 Å². The molecule has 0 aliphatic carbocycles. The number of hydrogen-bond acceptors (Lipinski definition) is 3. The zero-order valence-electron chi connectivity index (χ0n) is 16.8. The summed E-state index contributed by atoms with van der Waals surface area (Å²) in [6.07, 6.45) is 16.2. The zero-order chi connectivity index (χ0) is 18.8. The van der Waals surface area contributed by atoms with Crippen molar-refractivity contribution >= 4 is 19.0 Å². The van der Waals surface area contributed by atoms with Gasteiger partial charge in [-0.05, 0) is 32.1 Å². The van der Waals surface area contributed by atoms with E-state index < -0.39 is 7.26 Å². The average Bonchev–Trinajstić information content (AvgIpc) is 2.63. The van der Waals surface area contributed by atoms with E-state index in [2.05, 4.69) is 31.1 Å². The first-order valence-corrected chi connectivity index (χ1v) is 12.7. The minimum absolute atomic E-state index is 0.397. The van der Waals surface area contributed by atoms with Crippen LogP contribution in [0.25, 0.3) is 0 Å². The summed E-state index contributed by atoms with van der Waals surface area (Å²) in [7, 11) is -1.52. The van der Waals surface area contributed by atoms with E-state index in [4.69, 9.17) is 0 Å². The molecular weight excluding hydrogens is 331 g/mol. The second-order valence-corrected chi connectivity index (χ2v) is 11.0. The van der Waals surface area contributed by atoms with E-state index in [-0.39, 0.29) is 0 Å². The zero-order valence-corrected chi connectivity index (χ0v) is 17.7. The van der Waals surface area contributed by atoms with Crippen LogP contribution in [0.2, 0.25) is 0 Å². The van der Waals surface area contributed by atoms with E-state index in [1.54, 1.807) is 6.08 Å². The molecule has 0 bridgehead atoms. The largest absolute Gasteiger partial charge is 0.359 e. The van der Waals surface area contributed by atoms with Crippen LogP contribution in [0.5, 0.6) is 0 Å². The molecule has 0 aromatic carbocycles. The van der Waals surface area contributed by atoms with Gasteiger partial charge in [-0.2, -0.15) is 0 Å². The second kappa shape index (κ2) is 16.7. The number of nitrogens with zero attached hydrogens (tertiary/aromatic N) is 1. The smallest absolute Gasteiger partial charge is 0.323 e. The lowest BCUT2D eigenvalue weighted by Gasteiger charge is -2.25. The van der Waals surface area contributed by atoms with Gasteiger partial charge in [0.15, 0.2) is 0 Å². The molecule has 0 aliphatic heterocycles. The number of hydrogen-bond donors (Lipinski definition) is 1. The van der Waals surface area contributed by atoms with E-state index in [0.717, 1.165) is 50.7 Å². The number of unbranched alkanes of at least 4 members (excludes halogenated alkanes) is 6. The number of aliphatic imine (C=N–C) groups is 1. The summed E-state index contributed by atoms with van der Waals surface area (Å²) in [6.45, 7) is 8.04. The number of carbonyl (C=O) groups excluding carboxylic acids is 2. The van der Waals surface area contributed by atoms with E-state index in [1.807, 2.05) is 0 Å². The minimum atomic E-state index is -1.52. The van der Waals surface area contributed by atoms with Crippen LogP contribution in [0, 0.1) is 0 Å². The van der Waals surface area contributed by atoms with Gasteiger partial charge >= 0.3 is 5.65 Å². The summed E-state index contributed by atoms with van der Waals surface area (Å²) in [5.74, 6) is 0. The molecule has 5 heteroatoms. The quantitative estimate of drug-likeness (QED) is 0.147. The predicted molar refractivity (Wildman–Crippen MR) is 111 cm³/mol. The monoisotopic (exact) mass is 371 g/mol. The SMILES string of the molecule is CCCC[P+](CCCC)(CCCC)C(=O)NCCCCCCN=C=O. The molecule has 146 valence electrons. The van der Waals surface area contributed by atoms with Gasteiger partial charge in [-0.1, -0.05) is 52.9 Å². The standard InChI is InChI=1S/C20H39N2O2P/c1-4-7-16-25(17-8-5-2,18-9-6-3)20(24)22-15-13-11-10-12-14-21-19-23/h4-18H2,1-3H3/p+1. The van der Waals surface area contributed by atoms with Crippen molar-refractivity contribution in [3.63, 3.8) is 0 Å². The normalized spacial score (nSPS) is 11.2. The van der Waals surface area contributed by atoms with Crippen LogP contribution >= 0.6 is 7.26 Å². The lowest BCUT2D eigenvalue weighted by Crippen LogP contribution is -2.30. The summed E-state index contributed by atoms with van der Waals surface area (Å²) < 4.78 is 0. The third kappa shape index (κ3) is 11.5. The molecule has 0 radical (unpaired) electrons. The molecule has 0 saturated heterocycles. The van der Waals surface area contributed by atoms with E-state index in [0.29, 0.717) is 12.2 Å². The molecule has 0 saturated carbocycles. The highest BCUT2D eigenvalue weighted by atomic mass is 31.2. The van der Waals surface area contributed by atoms with Crippen LogP contribution in [-0.2, 0) is 4.79 Å². The van der Waals surface area contributed by atoms with Crippen LogP contribution in [0.4, 0.5) is 4.79 Å². The number of isocyanates is 1. The Balaban J connectivity index is 4.43. The second-order valence-electron chi connectivity index (χ2n) is 7.00. The maximum absolute atomic E-state index is 13.0. The summed E-state index contributed by atoms with van der Waals surface area (Å²) in [6, 6.07) is 0. The molecule has 0 spiro atoms. The Morgan fingerprint density at radius 2 is 1.36 bits per heavy atom. The van der Waals surface area contributed by atoms with Gasteiger partial charge in [0, 0.05) is 6.54 Å². The lowest BCUT2D eigenvalue weighted by atomic mass is 10.2. The first-order valence-electron chi connectivity index (χ1n) is 10.3. The molecule has 0 rings (SSSR count). The molecule has 0 aromatic rings. The van der Waals surface area contributed by atoms with Crippen LogP contribution in [0.3, 0.4) is 0 Å². The number of carbonyl (C=O) groups is 1. The summed E-state index contributed by atoms with van der Waals surface area (Å²) in [5, 5.41) is 3.28. The van der Waals surface area contributed by atoms with Crippen molar-refractivity contribution in [1.82, 2.24) is 5.32 Å². The molecule has 0 aromatic heterocycles. The predicted octanol–water partition coefficient (Wildman–Crippen LogP) is 6.01. The Kier molecular flexibility index (Phi) is 16.3. The Hall–Kier alpha value is -0.720. The molecule has 1 amide bonds. The lowest BCUT2D eigenvalue weighted by molar-refractivity contribution is 0.259. The van der Waals surface area contributed by atoms with Gasteiger partial charge < -0.3 is 5.32 Å². The summed E-state index contributed by atoms with van der Waals surface area (Å²) >= 11 is 0. The fraction of sp³-hybridized carbons (Fsp3) is 0.900. The molecule has 0 fully saturated rings. The van der Waals surface area contributed by atoms with Gasteiger partial charge in [-0.25, -0.2) is 14.6 Å². The highest BCUT2D eigenvalue weighted by Gasteiger charge is 2.44. The summed E-state index contributed by atoms with van der Waals surface area (Å²) in [5.41, 5.74) is 0.397. The van der Waals surface area contributed by atoms with E-state index in [9.17, 15) is 9.59 Å². The van der Waals surface area contributed by atoms with Crippen molar-refractivity contribution in [1.29, 1.82) is 0 Å². The fourth-order valence-electron chi connectivity index (χ4n) is 3.10. The van der Waals surface area contributed by atoms with E-state index in [1.165, 1.54) is 38.5 Å².